The van der Waals surface area contributed by atoms with Crippen LogP contribution in [0, 0.1) is 0 Å². The number of nitrogens with zero attached hydrogens (tertiary/aromatic N) is 1. The van der Waals surface area contributed by atoms with Gasteiger partial charge in [-0.3, -0.25) is 4.99 Å². The van der Waals surface area contributed by atoms with E-state index < -0.39 is 0 Å². The van der Waals surface area contributed by atoms with E-state index in [1.165, 1.54) is 0 Å². The Bertz CT molecular complexity index is 513. The van der Waals surface area contributed by atoms with Gasteiger partial charge in [0, 0.05) is 30.8 Å². The van der Waals surface area contributed by atoms with Crippen LogP contribution in [0.25, 0.3) is 5.70 Å². The molecule has 0 bridgehead atoms. The molecule has 114 valence electrons. The molecule has 1 heterocycles. The van der Waals surface area contributed by atoms with Crippen molar-refractivity contribution in [2.45, 2.75) is 33.1 Å². The normalized spacial score (nSPS) is 15.8. The van der Waals surface area contributed by atoms with Crippen LogP contribution in [-0.2, 0) is 0 Å². The third kappa shape index (κ3) is 4.25. The van der Waals surface area contributed by atoms with Gasteiger partial charge in [0.15, 0.2) is 0 Å². The molecule has 0 saturated heterocycles. The van der Waals surface area contributed by atoms with Gasteiger partial charge in [-0.15, -0.1) is 0 Å². The number of amidine groups is 1. The number of unbranched alkanes of at least 4 members (excludes halogenated alkanes) is 1. The molecule has 3 N–H and O–H groups in total. The minimum absolute atomic E-state index is 0.326. The van der Waals surface area contributed by atoms with Gasteiger partial charge >= 0.3 is 0 Å². The first-order valence-corrected chi connectivity index (χ1v) is 7.75. The Morgan fingerprint density at radius 3 is 2.67 bits per heavy atom. The van der Waals surface area contributed by atoms with Crippen molar-refractivity contribution in [3.8, 4) is 0 Å². The van der Waals surface area contributed by atoms with E-state index >= 15 is 0 Å². The van der Waals surface area contributed by atoms with E-state index in [4.69, 9.17) is 0 Å². The second kappa shape index (κ2) is 7.72. The number of rotatable bonds is 6. The number of aliphatic hydroxyl groups excluding tert-OH is 1. The second-order valence-corrected chi connectivity index (χ2v) is 5.33. The number of nitrogens with one attached hydrogen (secondary N) is 2. The van der Waals surface area contributed by atoms with Gasteiger partial charge in [-0.1, -0.05) is 37.6 Å². The van der Waals surface area contributed by atoms with Gasteiger partial charge in [0.25, 0.3) is 0 Å². The Morgan fingerprint density at radius 1 is 1.33 bits per heavy atom. The highest BCUT2D eigenvalue weighted by Gasteiger charge is 2.09. The Balaban J connectivity index is 2.12. The molecule has 0 spiro atoms. The summed E-state index contributed by atoms with van der Waals surface area (Å²) in [4.78, 5) is 4.50. The number of hydrogen-bond donors (Lipinski definition) is 3. The van der Waals surface area contributed by atoms with Crippen molar-refractivity contribution in [1.29, 1.82) is 0 Å². The Hall–Kier alpha value is -1.97. The molecular formula is C17H25N3O. The SMILES string of the molecule is CCCCNC(=C(C)O)c1ccc(C2=NCCCN2)cc1. The quantitative estimate of drug-likeness (QED) is 0.557. The lowest BCUT2D eigenvalue weighted by molar-refractivity contribution is 0.413. The molecule has 0 aliphatic carbocycles. The molecule has 4 nitrogen and oxygen atoms in total. The van der Waals surface area contributed by atoms with Crippen LogP contribution >= 0.6 is 0 Å². The van der Waals surface area contributed by atoms with E-state index in [1.54, 1.807) is 6.92 Å². The maximum absolute atomic E-state index is 9.86. The number of hydrogen-bond acceptors (Lipinski definition) is 4. The van der Waals surface area contributed by atoms with Gasteiger partial charge in [0.05, 0.1) is 5.70 Å². The summed E-state index contributed by atoms with van der Waals surface area (Å²) in [6.45, 7) is 6.63. The summed E-state index contributed by atoms with van der Waals surface area (Å²) < 4.78 is 0. The molecule has 4 heteroatoms. The van der Waals surface area contributed by atoms with Crippen LogP contribution in [0.4, 0.5) is 0 Å². The predicted octanol–water partition coefficient (Wildman–Crippen LogP) is 3.06. The summed E-state index contributed by atoms with van der Waals surface area (Å²) in [5.41, 5.74) is 2.92. The van der Waals surface area contributed by atoms with Crippen molar-refractivity contribution in [1.82, 2.24) is 10.6 Å². The fourth-order valence-electron chi connectivity index (χ4n) is 2.35. The van der Waals surface area contributed by atoms with E-state index in [2.05, 4.69) is 34.7 Å². The summed E-state index contributed by atoms with van der Waals surface area (Å²) in [5, 5.41) is 16.5. The van der Waals surface area contributed by atoms with Gasteiger partial charge in [-0.2, -0.15) is 0 Å². The topological polar surface area (TPSA) is 56.6 Å². The van der Waals surface area contributed by atoms with E-state index in [-0.39, 0.29) is 0 Å². The third-order valence-electron chi connectivity index (χ3n) is 3.54. The van der Waals surface area contributed by atoms with Crippen molar-refractivity contribution in [3.05, 3.63) is 41.2 Å². The molecule has 0 unspecified atom stereocenters. The Kier molecular flexibility index (Phi) is 5.67. The van der Waals surface area contributed by atoms with Crippen LogP contribution in [0.15, 0.2) is 35.0 Å². The first-order chi connectivity index (χ1) is 10.2. The molecule has 21 heavy (non-hydrogen) atoms. The minimum Gasteiger partial charge on any atom is -0.510 e. The lowest BCUT2D eigenvalue weighted by atomic mass is 10.1. The summed E-state index contributed by atoms with van der Waals surface area (Å²) in [6, 6.07) is 8.16. The molecule has 0 atom stereocenters. The highest BCUT2D eigenvalue weighted by molar-refractivity contribution is 5.99. The smallest absolute Gasteiger partial charge is 0.128 e. The lowest BCUT2D eigenvalue weighted by Gasteiger charge is -2.16. The zero-order chi connectivity index (χ0) is 15.1. The van der Waals surface area contributed by atoms with Gasteiger partial charge in [0.1, 0.15) is 11.6 Å². The molecule has 0 saturated carbocycles. The summed E-state index contributed by atoms with van der Waals surface area (Å²) in [7, 11) is 0. The average Bonchev–Trinajstić information content (AvgIpc) is 2.52. The monoisotopic (exact) mass is 287 g/mol. The molecule has 2 rings (SSSR count). The van der Waals surface area contributed by atoms with Crippen LogP contribution in [0.2, 0.25) is 0 Å². The summed E-state index contributed by atoms with van der Waals surface area (Å²) in [5.74, 6) is 1.30. The standard InChI is InChI=1S/C17H25N3O/c1-3-4-10-18-16(13(2)21)14-6-8-15(9-7-14)17-19-11-5-12-20-17/h6-9,18,21H,3-5,10-12H2,1-2H3,(H,19,20). The first-order valence-electron chi connectivity index (χ1n) is 7.75. The number of aliphatic imine (C=N–C) groups is 1. The highest BCUT2D eigenvalue weighted by atomic mass is 16.3. The van der Waals surface area contributed by atoms with Crippen molar-refractivity contribution < 1.29 is 5.11 Å². The van der Waals surface area contributed by atoms with Gasteiger partial charge < -0.3 is 15.7 Å². The lowest BCUT2D eigenvalue weighted by Crippen LogP contribution is -2.30. The predicted molar refractivity (Wildman–Crippen MR) is 88.6 cm³/mol. The van der Waals surface area contributed by atoms with Crippen LogP contribution < -0.4 is 10.6 Å². The maximum atomic E-state index is 9.86. The van der Waals surface area contributed by atoms with Crippen LogP contribution in [0.5, 0.6) is 0 Å². The van der Waals surface area contributed by atoms with E-state index in [0.29, 0.717) is 5.76 Å². The second-order valence-electron chi connectivity index (χ2n) is 5.33. The zero-order valence-corrected chi connectivity index (χ0v) is 12.9. The van der Waals surface area contributed by atoms with E-state index in [9.17, 15) is 5.11 Å². The molecule has 0 radical (unpaired) electrons. The van der Waals surface area contributed by atoms with Crippen LogP contribution in [0.3, 0.4) is 0 Å². The fraction of sp³-hybridized carbons (Fsp3) is 0.471. The van der Waals surface area contributed by atoms with Crippen molar-refractivity contribution in [2.75, 3.05) is 19.6 Å². The molecule has 1 aromatic rings. The average molecular weight is 287 g/mol. The summed E-state index contributed by atoms with van der Waals surface area (Å²) >= 11 is 0. The van der Waals surface area contributed by atoms with Crippen molar-refractivity contribution in [3.63, 3.8) is 0 Å². The fourth-order valence-corrected chi connectivity index (χ4v) is 2.35. The number of aliphatic hydroxyl groups is 1. The highest BCUT2D eigenvalue weighted by Crippen LogP contribution is 2.16. The number of allylic oxidation sites excluding steroid dienone is 1. The van der Waals surface area contributed by atoms with E-state index in [0.717, 1.165) is 61.6 Å². The van der Waals surface area contributed by atoms with Crippen LogP contribution in [-0.4, -0.2) is 30.6 Å². The maximum Gasteiger partial charge on any atom is 0.128 e. The minimum atomic E-state index is 0.326. The van der Waals surface area contributed by atoms with E-state index in [1.807, 2.05) is 12.1 Å². The zero-order valence-electron chi connectivity index (χ0n) is 12.9. The van der Waals surface area contributed by atoms with Gasteiger partial charge in [-0.05, 0) is 19.8 Å². The Morgan fingerprint density at radius 2 is 2.10 bits per heavy atom. The third-order valence-corrected chi connectivity index (χ3v) is 3.54. The largest absolute Gasteiger partial charge is 0.510 e. The first kappa shape index (κ1) is 15.4. The molecule has 0 amide bonds. The van der Waals surface area contributed by atoms with Crippen molar-refractivity contribution in [2.24, 2.45) is 4.99 Å². The number of benzene rings is 1. The van der Waals surface area contributed by atoms with Crippen LogP contribution in [0.1, 0.15) is 44.2 Å². The summed E-state index contributed by atoms with van der Waals surface area (Å²) in [6.07, 6.45) is 3.32. The molecule has 1 aliphatic rings. The molecule has 0 aromatic heterocycles. The molecule has 0 fully saturated rings. The Labute approximate surface area is 127 Å². The molecule has 1 aliphatic heterocycles. The molecule has 1 aromatic carbocycles. The van der Waals surface area contributed by atoms with Gasteiger partial charge in [-0.25, -0.2) is 0 Å². The molecular weight excluding hydrogens is 262 g/mol. The van der Waals surface area contributed by atoms with Gasteiger partial charge in [0.2, 0.25) is 0 Å². The van der Waals surface area contributed by atoms with Crippen molar-refractivity contribution >= 4 is 11.5 Å².